The molecule has 0 spiro atoms. The third kappa shape index (κ3) is 3.27. The van der Waals surface area contributed by atoms with Crippen molar-refractivity contribution in [3.05, 3.63) is 52.2 Å². The number of rotatable bonds is 3. The second-order valence-corrected chi connectivity index (χ2v) is 9.43. The summed E-state index contributed by atoms with van der Waals surface area (Å²) < 4.78 is 0. The largest absolute Gasteiger partial charge is 0.351 e. The molecule has 2 aliphatic heterocycles. The lowest BCUT2D eigenvalue weighted by Gasteiger charge is -2.35. The first-order chi connectivity index (χ1) is 14.7. The fourth-order valence-corrected chi connectivity index (χ4v) is 6.10. The van der Waals surface area contributed by atoms with Crippen molar-refractivity contribution >= 4 is 33.3 Å². The Morgan fingerprint density at radius 2 is 2.00 bits per heavy atom. The number of carbonyl (C=O) groups excluding carboxylic acids is 1. The van der Waals surface area contributed by atoms with Gasteiger partial charge in [0.25, 0.3) is 5.91 Å². The number of fused-ring (bicyclic) bond motifs is 2. The number of aromatic nitrogens is 2. The van der Waals surface area contributed by atoms with Crippen LogP contribution < -0.4 is 4.90 Å². The Labute approximate surface area is 181 Å². The molecular formula is C24H28N4OS. The molecule has 0 saturated carbocycles. The second-order valence-electron chi connectivity index (χ2n) is 8.43. The summed E-state index contributed by atoms with van der Waals surface area (Å²) in [5, 5.41) is 1.05. The number of hydrogen-bond acceptors (Lipinski definition) is 5. The molecule has 0 radical (unpaired) electrons. The zero-order chi connectivity index (χ0) is 20.7. The molecule has 0 N–H and O–H groups in total. The predicted molar refractivity (Wildman–Crippen MR) is 122 cm³/mol. The van der Waals surface area contributed by atoms with Crippen LogP contribution in [0, 0.1) is 6.92 Å². The topological polar surface area (TPSA) is 49.3 Å². The summed E-state index contributed by atoms with van der Waals surface area (Å²) >= 11 is 1.53. The fourth-order valence-electron chi connectivity index (χ4n) is 5.00. The number of hydrogen-bond donors (Lipinski definition) is 0. The summed E-state index contributed by atoms with van der Waals surface area (Å²) in [5.74, 6) is 1.14. The minimum Gasteiger partial charge on any atom is -0.351 e. The lowest BCUT2D eigenvalue weighted by Crippen LogP contribution is -2.43. The number of nitrogens with zero attached hydrogens (tertiary/aromatic N) is 4. The molecule has 1 unspecified atom stereocenters. The highest BCUT2D eigenvalue weighted by molar-refractivity contribution is 7.20. The zero-order valence-corrected chi connectivity index (χ0v) is 18.5. The van der Waals surface area contributed by atoms with E-state index >= 15 is 0 Å². The number of likely N-dealkylation sites (tertiary alicyclic amines) is 1. The summed E-state index contributed by atoms with van der Waals surface area (Å²) in [7, 11) is 0. The van der Waals surface area contributed by atoms with Gasteiger partial charge in [-0.05, 0) is 55.7 Å². The van der Waals surface area contributed by atoms with Crippen LogP contribution in [0.1, 0.15) is 59.0 Å². The second kappa shape index (κ2) is 7.99. The lowest BCUT2D eigenvalue weighted by molar-refractivity contribution is 0.0612. The van der Waals surface area contributed by atoms with E-state index in [1.165, 1.54) is 28.9 Å². The summed E-state index contributed by atoms with van der Waals surface area (Å²) in [5.41, 5.74) is 3.82. The highest BCUT2D eigenvalue weighted by Crippen LogP contribution is 2.37. The Morgan fingerprint density at radius 3 is 2.83 bits per heavy atom. The Morgan fingerprint density at radius 1 is 1.17 bits per heavy atom. The fraction of sp³-hybridized carbons (Fsp3) is 0.458. The van der Waals surface area contributed by atoms with Gasteiger partial charge in [0.1, 0.15) is 17.0 Å². The number of carbonyl (C=O) groups is 1. The van der Waals surface area contributed by atoms with Gasteiger partial charge in [-0.15, -0.1) is 11.3 Å². The first-order valence-electron chi connectivity index (χ1n) is 11.0. The van der Waals surface area contributed by atoms with E-state index in [1.807, 2.05) is 0 Å². The molecule has 0 bridgehead atoms. The molecule has 5 nitrogen and oxygen atoms in total. The summed E-state index contributed by atoms with van der Waals surface area (Å²) in [6.07, 6.45) is 7.13. The van der Waals surface area contributed by atoms with E-state index < -0.39 is 0 Å². The van der Waals surface area contributed by atoms with Crippen molar-refractivity contribution in [3.63, 3.8) is 0 Å². The maximum atomic E-state index is 13.5. The molecule has 156 valence electrons. The van der Waals surface area contributed by atoms with Crippen molar-refractivity contribution in [1.82, 2.24) is 14.9 Å². The molecule has 3 aromatic rings. The molecule has 30 heavy (non-hydrogen) atoms. The van der Waals surface area contributed by atoms with Crippen LogP contribution in [0.15, 0.2) is 30.6 Å². The van der Waals surface area contributed by atoms with Gasteiger partial charge in [-0.3, -0.25) is 4.79 Å². The molecule has 6 heteroatoms. The van der Waals surface area contributed by atoms with Crippen molar-refractivity contribution < 1.29 is 4.79 Å². The van der Waals surface area contributed by atoms with Crippen LogP contribution in [0.25, 0.3) is 10.2 Å². The van der Waals surface area contributed by atoms with Crippen LogP contribution >= 0.6 is 11.3 Å². The number of thiophene rings is 1. The molecule has 2 aromatic heterocycles. The van der Waals surface area contributed by atoms with Crippen molar-refractivity contribution in [2.45, 2.75) is 58.5 Å². The van der Waals surface area contributed by atoms with Gasteiger partial charge in [0.2, 0.25) is 0 Å². The molecule has 1 amide bonds. The van der Waals surface area contributed by atoms with E-state index in [1.54, 1.807) is 6.33 Å². The quantitative estimate of drug-likeness (QED) is 0.600. The first kappa shape index (κ1) is 19.5. The van der Waals surface area contributed by atoms with Gasteiger partial charge >= 0.3 is 0 Å². The Balaban J connectivity index is 1.52. The van der Waals surface area contributed by atoms with Gasteiger partial charge in [-0.2, -0.15) is 0 Å². The van der Waals surface area contributed by atoms with Gasteiger partial charge in [0.05, 0.1) is 10.3 Å². The molecule has 0 aliphatic carbocycles. The van der Waals surface area contributed by atoms with Crippen LogP contribution in [-0.4, -0.2) is 39.9 Å². The number of amides is 1. The molecule has 4 heterocycles. The molecule has 5 rings (SSSR count). The lowest BCUT2D eigenvalue weighted by atomic mass is 9.99. The summed E-state index contributed by atoms with van der Waals surface area (Å²) in [4.78, 5) is 28.9. The Hall–Kier alpha value is -2.47. The number of piperidine rings is 1. The van der Waals surface area contributed by atoms with Gasteiger partial charge in [0.15, 0.2) is 0 Å². The zero-order valence-electron chi connectivity index (χ0n) is 17.7. The molecule has 1 atom stereocenters. The van der Waals surface area contributed by atoms with Crippen LogP contribution in [0.2, 0.25) is 0 Å². The minimum atomic E-state index is 0.178. The maximum Gasteiger partial charge on any atom is 0.264 e. The molecular weight excluding hydrogens is 392 g/mol. The highest BCUT2D eigenvalue weighted by atomic mass is 32.1. The average molecular weight is 421 g/mol. The van der Waals surface area contributed by atoms with Crippen LogP contribution in [0.5, 0.6) is 0 Å². The summed E-state index contributed by atoms with van der Waals surface area (Å²) in [6.45, 7) is 6.91. The van der Waals surface area contributed by atoms with Crippen molar-refractivity contribution in [2.75, 3.05) is 18.0 Å². The molecule has 2 aliphatic rings. The van der Waals surface area contributed by atoms with Gasteiger partial charge in [-0.1, -0.05) is 31.2 Å². The summed E-state index contributed by atoms with van der Waals surface area (Å²) in [6, 6.07) is 9.00. The monoisotopic (exact) mass is 420 g/mol. The molecule has 1 aromatic carbocycles. The molecule has 1 fully saturated rings. The van der Waals surface area contributed by atoms with Crippen LogP contribution in [0.4, 0.5) is 5.82 Å². The number of benzene rings is 1. The maximum absolute atomic E-state index is 13.5. The van der Waals surface area contributed by atoms with Crippen LogP contribution in [0.3, 0.4) is 0 Å². The van der Waals surface area contributed by atoms with Crippen LogP contribution in [-0.2, 0) is 13.0 Å². The van der Waals surface area contributed by atoms with E-state index in [4.69, 9.17) is 0 Å². The average Bonchev–Trinajstić information content (AvgIpc) is 3.15. The van der Waals surface area contributed by atoms with Crippen molar-refractivity contribution in [1.29, 1.82) is 0 Å². The Bertz CT molecular complexity index is 1090. The normalized spacial score (nSPS) is 19.2. The van der Waals surface area contributed by atoms with E-state index in [2.05, 4.69) is 57.9 Å². The van der Waals surface area contributed by atoms with E-state index in [-0.39, 0.29) is 5.91 Å². The van der Waals surface area contributed by atoms with E-state index in [0.29, 0.717) is 6.04 Å². The SMILES string of the molecule is CCC1CCCCN1C(=O)c1sc2ncnc(N3CCc4ccccc4C3)c2c1C. The number of aryl methyl sites for hydroxylation is 1. The van der Waals surface area contributed by atoms with Gasteiger partial charge in [0, 0.05) is 25.7 Å². The minimum absolute atomic E-state index is 0.178. The highest BCUT2D eigenvalue weighted by Gasteiger charge is 2.30. The molecule has 1 saturated heterocycles. The van der Waals surface area contributed by atoms with Crippen molar-refractivity contribution in [3.8, 4) is 0 Å². The smallest absolute Gasteiger partial charge is 0.264 e. The standard InChI is InChI=1S/C24H28N4OS/c1-3-19-10-6-7-12-28(19)24(29)21-16(2)20-22(25-15-26-23(20)30-21)27-13-11-17-8-4-5-9-18(17)14-27/h4-5,8-9,15,19H,3,6-7,10-14H2,1-2H3. The first-order valence-corrected chi connectivity index (χ1v) is 11.9. The van der Waals surface area contributed by atoms with E-state index in [0.717, 1.165) is 71.8 Å². The Kier molecular flexibility index (Phi) is 5.19. The van der Waals surface area contributed by atoms with E-state index in [9.17, 15) is 4.79 Å². The van der Waals surface area contributed by atoms with Crippen molar-refractivity contribution in [2.24, 2.45) is 0 Å². The van der Waals surface area contributed by atoms with Gasteiger partial charge in [-0.25, -0.2) is 9.97 Å². The van der Waals surface area contributed by atoms with Gasteiger partial charge < -0.3 is 9.80 Å². The predicted octanol–water partition coefficient (Wildman–Crippen LogP) is 4.97. The third-order valence-electron chi connectivity index (χ3n) is 6.69. The third-order valence-corrected chi connectivity index (χ3v) is 7.88. The number of anilines is 1.